The van der Waals surface area contributed by atoms with Crippen molar-refractivity contribution in [1.82, 2.24) is 4.90 Å². The summed E-state index contributed by atoms with van der Waals surface area (Å²) in [6.45, 7) is 4.25. The van der Waals surface area contributed by atoms with Crippen LogP contribution in [0.1, 0.15) is 39.0 Å². The third kappa shape index (κ3) is 4.62. The molecule has 0 aromatic heterocycles. The van der Waals surface area contributed by atoms with Crippen LogP contribution >= 0.6 is 0 Å². The van der Waals surface area contributed by atoms with Crippen LogP contribution in [0.2, 0.25) is 0 Å². The predicted molar refractivity (Wildman–Crippen MR) is 130 cm³/mol. The summed E-state index contributed by atoms with van der Waals surface area (Å²) in [5.41, 5.74) is 5.00. The van der Waals surface area contributed by atoms with Gasteiger partial charge in [-0.05, 0) is 43.0 Å². The number of fused-ring (bicyclic) bond motifs is 2. The van der Waals surface area contributed by atoms with E-state index in [4.69, 9.17) is 9.47 Å². The molecule has 0 saturated carbocycles. The van der Waals surface area contributed by atoms with E-state index in [9.17, 15) is 4.79 Å². The summed E-state index contributed by atoms with van der Waals surface area (Å²) in [6, 6.07) is 22.5. The maximum Gasteiger partial charge on any atom is 0.231 e. The Bertz CT molecular complexity index is 1210. The van der Waals surface area contributed by atoms with Crippen molar-refractivity contribution in [2.24, 2.45) is 0 Å². The van der Waals surface area contributed by atoms with Crippen molar-refractivity contribution in [3.8, 4) is 11.5 Å². The SMILES string of the molecule is Cc1c2c(cc3c1O/C(=C\C=C\c1ccccc1)C3=O)CN(CCCc1ccccc1)CO2. The Balaban J connectivity index is 1.28. The van der Waals surface area contributed by atoms with Gasteiger partial charge in [-0.25, -0.2) is 0 Å². The quantitative estimate of drug-likeness (QED) is 0.447. The number of ether oxygens (including phenoxy) is 2. The van der Waals surface area contributed by atoms with Crippen LogP contribution in [0, 0.1) is 6.92 Å². The van der Waals surface area contributed by atoms with E-state index < -0.39 is 0 Å². The first kappa shape index (κ1) is 21.2. The molecule has 0 saturated heterocycles. The average molecular weight is 438 g/mol. The van der Waals surface area contributed by atoms with Crippen molar-refractivity contribution in [2.45, 2.75) is 26.3 Å². The minimum atomic E-state index is -0.0742. The van der Waals surface area contributed by atoms with Gasteiger partial charge in [-0.15, -0.1) is 0 Å². The maximum absolute atomic E-state index is 13.0. The molecule has 0 amide bonds. The van der Waals surface area contributed by atoms with E-state index in [-0.39, 0.29) is 5.78 Å². The number of hydrogen-bond acceptors (Lipinski definition) is 4. The van der Waals surface area contributed by atoms with E-state index in [0.717, 1.165) is 48.4 Å². The molecular formula is C29H27NO3. The van der Waals surface area contributed by atoms with Crippen molar-refractivity contribution < 1.29 is 14.3 Å². The van der Waals surface area contributed by atoms with Gasteiger partial charge in [-0.1, -0.05) is 72.8 Å². The first-order valence-electron chi connectivity index (χ1n) is 11.4. The number of benzene rings is 3. The van der Waals surface area contributed by atoms with Crippen molar-refractivity contribution in [3.05, 3.63) is 112 Å². The van der Waals surface area contributed by atoms with Crippen molar-refractivity contribution in [3.63, 3.8) is 0 Å². The zero-order valence-corrected chi connectivity index (χ0v) is 18.8. The van der Waals surface area contributed by atoms with E-state index >= 15 is 0 Å². The Hall–Kier alpha value is -3.63. The zero-order chi connectivity index (χ0) is 22.6. The first-order valence-corrected chi connectivity index (χ1v) is 11.4. The van der Waals surface area contributed by atoms with E-state index in [1.165, 1.54) is 5.56 Å². The Morgan fingerprint density at radius 1 is 1.00 bits per heavy atom. The Morgan fingerprint density at radius 2 is 1.76 bits per heavy atom. The third-order valence-corrected chi connectivity index (χ3v) is 6.12. The molecule has 4 nitrogen and oxygen atoms in total. The molecular weight excluding hydrogens is 410 g/mol. The Kier molecular flexibility index (Phi) is 6.09. The predicted octanol–water partition coefficient (Wildman–Crippen LogP) is 5.95. The van der Waals surface area contributed by atoms with Crippen molar-refractivity contribution in [1.29, 1.82) is 0 Å². The van der Waals surface area contributed by atoms with E-state index in [1.54, 1.807) is 6.08 Å². The highest BCUT2D eigenvalue weighted by molar-refractivity contribution is 6.13. The second-order valence-corrected chi connectivity index (χ2v) is 8.51. The summed E-state index contributed by atoms with van der Waals surface area (Å²) < 4.78 is 12.1. The second kappa shape index (κ2) is 9.47. The molecule has 3 aromatic rings. The fraction of sp³-hybridized carbons (Fsp3) is 0.207. The molecule has 2 aliphatic heterocycles. The molecule has 5 rings (SSSR count). The highest BCUT2D eigenvalue weighted by Gasteiger charge is 2.33. The smallest absolute Gasteiger partial charge is 0.231 e. The number of aryl methyl sites for hydroxylation is 1. The summed E-state index contributed by atoms with van der Waals surface area (Å²) in [4.78, 5) is 15.3. The Morgan fingerprint density at radius 3 is 2.55 bits per heavy atom. The molecule has 2 heterocycles. The number of carbonyl (C=O) groups is 1. The molecule has 0 radical (unpaired) electrons. The third-order valence-electron chi connectivity index (χ3n) is 6.12. The van der Waals surface area contributed by atoms with Gasteiger partial charge in [0.25, 0.3) is 0 Å². The summed E-state index contributed by atoms with van der Waals surface area (Å²) in [5.74, 6) is 1.75. The molecule has 0 bridgehead atoms. The van der Waals surface area contributed by atoms with Gasteiger partial charge in [-0.2, -0.15) is 0 Å². The van der Waals surface area contributed by atoms with E-state index in [2.05, 4.69) is 29.2 Å². The van der Waals surface area contributed by atoms with Crippen LogP contribution in [0.15, 0.2) is 84.6 Å². The summed E-state index contributed by atoms with van der Waals surface area (Å²) in [5, 5.41) is 0. The van der Waals surface area contributed by atoms with Gasteiger partial charge in [0.2, 0.25) is 5.78 Å². The topological polar surface area (TPSA) is 38.8 Å². The number of allylic oxidation sites excluding steroid dienone is 3. The lowest BCUT2D eigenvalue weighted by Gasteiger charge is -2.30. The molecule has 0 atom stereocenters. The fourth-order valence-electron chi connectivity index (χ4n) is 4.42. The molecule has 0 spiro atoms. The van der Waals surface area contributed by atoms with Crippen molar-refractivity contribution >= 4 is 11.9 Å². The highest BCUT2D eigenvalue weighted by atomic mass is 16.5. The first-order chi connectivity index (χ1) is 16.2. The largest absolute Gasteiger partial charge is 0.477 e. The number of Topliss-reactive ketones (excluding diaryl/α,β-unsaturated/α-hetero) is 1. The minimum Gasteiger partial charge on any atom is -0.477 e. The van der Waals surface area contributed by atoms with Crippen LogP contribution in [0.4, 0.5) is 0 Å². The number of ketones is 1. The lowest BCUT2D eigenvalue weighted by atomic mass is 10.00. The van der Waals surface area contributed by atoms with Crippen LogP contribution in [0.5, 0.6) is 11.5 Å². The molecule has 33 heavy (non-hydrogen) atoms. The average Bonchev–Trinajstić information content (AvgIpc) is 3.16. The number of nitrogens with zero attached hydrogens (tertiary/aromatic N) is 1. The molecule has 166 valence electrons. The van der Waals surface area contributed by atoms with Gasteiger partial charge in [0.1, 0.15) is 18.2 Å². The van der Waals surface area contributed by atoms with Gasteiger partial charge in [0.05, 0.1) is 5.56 Å². The van der Waals surface area contributed by atoms with Gasteiger partial charge < -0.3 is 9.47 Å². The molecule has 3 aromatic carbocycles. The van der Waals surface area contributed by atoms with E-state index in [1.807, 2.05) is 61.5 Å². The second-order valence-electron chi connectivity index (χ2n) is 8.51. The molecule has 0 N–H and O–H groups in total. The number of rotatable bonds is 6. The normalized spacial score (nSPS) is 16.5. The molecule has 0 fully saturated rings. The van der Waals surface area contributed by atoms with Gasteiger partial charge in [-0.3, -0.25) is 9.69 Å². The fourth-order valence-corrected chi connectivity index (χ4v) is 4.42. The monoisotopic (exact) mass is 437 g/mol. The van der Waals surface area contributed by atoms with Gasteiger partial charge in [0, 0.05) is 24.2 Å². The standard InChI is InChI=1S/C29H27NO3/c1-21-28-24(19-30(20-32-28)17-9-15-23-12-6-3-7-13-23)18-25-27(31)26(33-29(21)25)16-8-14-22-10-4-2-5-11-22/h2-8,10-14,16,18H,9,15,17,19-20H2,1H3/b14-8+,26-16-. The molecule has 4 heteroatoms. The van der Waals surface area contributed by atoms with Gasteiger partial charge >= 0.3 is 0 Å². The van der Waals surface area contributed by atoms with Gasteiger partial charge in [0.15, 0.2) is 5.76 Å². The van der Waals surface area contributed by atoms with Crippen LogP contribution in [-0.2, 0) is 13.0 Å². The summed E-state index contributed by atoms with van der Waals surface area (Å²) in [7, 11) is 0. The minimum absolute atomic E-state index is 0.0742. The lowest BCUT2D eigenvalue weighted by Crippen LogP contribution is -2.33. The zero-order valence-electron chi connectivity index (χ0n) is 18.8. The summed E-state index contributed by atoms with van der Waals surface area (Å²) >= 11 is 0. The molecule has 0 aliphatic carbocycles. The summed E-state index contributed by atoms with van der Waals surface area (Å²) in [6.07, 6.45) is 7.67. The van der Waals surface area contributed by atoms with E-state index in [0.29, 0.717) is 23.8 Å². The number of carbonyl (C=O) groups excluding carboxylic acids is 1. The maximum atomic E-state index is 13.0. The lowest BCUT2D eigenvalue weighted by molar-refractivity contribution is 0.0932. The molecule has 0 unspecified atom stereocenters. The number of hydrogen-bond donors (Lipinski definition) is 0. The highest BCUT2D eigenvalue weighted by Crippen LogP contribution is 2.42. The van der Waals surface area contributed by atoms with Crippen LogP contribution in [0.25, 0.3) is 6.08 Å². The van der Waals surface area contributed by atoms with Crippen LogP contribution in [0.3, 0.4) is 0 Å². The van der Waals surface area contributed by atoms with Crippen molar-refractivity contribution in [2.75, 3.05) is 13.3 Å². The van der Waals surface area contributed by atoms with Crippen LogP contribution in [-0.4, -0.2) is 24.0 Å². The van der Waals surface area contributed by atoms with Crippen LogP contribution < -0.4 is 9.47 Å². The Labute approximate surface area is 194 Å². The molecule has 2 aliphatic rings.